The third-order valence-electron chi connectivity index (χ3n) is 2.30. The van der Waals surface area contributed by atoms with Crippen molar-refractivity contribution in [2.75, 3.05) is 13.1 Å². The van der Waals surface area contributed by atoms with Gasteiger partial charge in [-0.3, -0.25) is 0 Å². The van der Waals surface area contributed by atoms with Crippen LogP contribution in [0.3, 0.4) is 0 Å². The zero-order valence-electron chi connectivity index (χ0n) is 10.1. The van der Waals surface area contributed by atoms with Crippen LogP contribution in [-0.4, -0.2) is 21.5 Å². The van der Waals surface area contributed by atoms with Gasteiger partial charge in [0, 0.05) is 11.0 Å². The van der Waals surface area contributed by atoms with Gasteiger partial charge in [0.05, 0.1) is 4.90 Å². The number of rotatable bonds is 6. The molecule has 0 atom stereocenters. The molecule has 0 aliphatic carbocycles. The second kappa shape index (κ2) is 8.12. The lowest BCUT2D eigenvalue weighted by atomic mass is 10.2. The first-order valence-electron chi connectivity index (χ1n) is 5.43. The van der Waals surface area contributed by atoms with Crippen LogP contribution in [0.25, 0.3) is 0 Å². The van der Waals surface area contributed by atoms with Crippen LogP contribution in [0.1, 0.15) is 18.4 Å². The summed E-state index contributed by atoms with van der Waals surface area (Å²) in [4.78, 5) is 0.274. The van der Waals surface area contributed by atoms with E-state index < -0.39 is 10.0 Å². The molecule has 0 amide bonds. The molecule has 1 aromatic rings. The van der Waals surface area contributed by atoms with Gasteiger partial charge in [-0.2, -0.15) is 0 Å². The number of halogens is 2. The molecule has 104 valence electrons. The van der Waals surface area contributed by atoms with Gasteiger partial charge in [-0.25, -0.2) is 13.1 Å². The van der Waals surface area contributed by atoms with E-state index in [1.54, 1.807) is 18.2 Å². The lowest BCUT2D eigenvalue weighted by Crippen LogP contribution is -2.25. The van der Waals surface area contributed by atoms with Gasteiger partial charge in [-0.15, -0.1) is 12.4 Å². The highest BCUT2D eigenvalue weighted by atomic mass is 79.9. The molecule has 0 heterocycles. The Morgan fingerprint density at radius 2 is 2.00 bits per heavy atom. The zero-order chi connectivity index (χ0) is 12.9. The number of nitrogens with two attached hydrogens (primary N) is 1. The van der Waals surface area contributed by atoms with E-state index in [-0.39, 0.29) is 17.3 Å². The maximum atomic E-state index is 12.0. The van der Waals surface area contributed by atoms with Crippen molar-refractivity contribution in [3.63, 3.8) is 0 Å². The first-order valence-corrected chi connectivity index (χ1v) is 7.71. The van der Waals surface area contributed by atoms with Crippen LogP contribution in [0, 0.1) is 6.92 Å². The van der Waals surface area contributed by atoms with Crippen molar-refractivity contribution in [3.8, 4) is 0 Å². The molecule has 0 bridgehead atoms. The highest BCUT2D eigenvalue weighted by Crippen LogP contribution is 2.22. The summed E-state index contributed by atoms with van der Waals surface area (Å²) < 4.78 is 27.1. The summed E-state index contributed by atoms with van der Waals surface area (Å²) in [6, 6.07) is 5.17. The molecule has 0 saturated carbocycles. The lowest BCUT2D eigenvalue weighted by Gasteiger charge is -2.08. The summed E-state index contributed by atoms with van der Waals surface area (Å²) in [5.74, 6) is 0. The van der Waals surface area contributed by atoms with Gasteiger partial charge in [-0.05, 0) is 59.9 Å². The highest BCUT2D eigenvalue weighted by molar-refractivity contribution is 9.10. The highest BCUT2D eigenvalue weighted by Gasteiger charge is 2.16. The molecule has 0 aliphatic heterocycles. The van der Waals surface area contributed by atoms with Gasteiger partial charge in [-0.1, -0.05) is 6.07 Å². The number of benzene rings is 1. The Balaban J connectivity index is 0.00000289. The van der Waals surface area contributed by atoms with E-state index >= 15 is 0 Å². The maximum absolute atomic E-state index is 12.0. The Labute approximate surface area is 123 Å². The largest absolute Gasteiger partial charge is 0.330 e. The van der Waals surface area contributed by atoms with Crippen LogP contribution in [0.15, 0.2) is 27.6 Å². The molecular weight excluding hydrogens is 340 g/mol. The van der Waals surface area contributed by atoms with Gasteiger partial charge in [0.25, 0.3) is 0 Å². The fourth-order valence-electron chi connectivity index (χ4n) is 1.38. The summed E-state index contributed by atoms with van der Waals surface area (Å²) >= 11 is 3.27. The van der Waals surface area contributed by atoms with Crippen molar-refractivity contribution >= 4 is 38.4 Å². The normalized spacial score (nSPS) is 11.1. The minimum absolute atomic E-state index is 0. The van der Waals surface area contributed by atoms with E-state index in [0.29, 0.717) is 17.6 Å². The summed E-state index contributed by atoms with van der Waals surface area (Å²) in [6.07, 6.45) is 1.57. The monoisotopic (exact) mass is 356 g/mol. The van der Waals surface area contributed by atoms with Crippen molar-refractivity contribution in [1.29, 1.82) is 0 Å². The standard InChI is InChI=1S/C11H17BrN2O2S.ClH/c1-9-4-5-11(10(12)8-9)17(15,16)14-7-3-2-6-13;/h4-5,8,14H,2-3,6-7,13H2,1H3;1H. The van der Waals surface area contributed by atoms with E-state index in [0.717, 1.165) is 18.4 Å². The Hall–Kier alpha value is -0.140. The van der Waals surface area contributed by atoms with Gasteiger partial charge in [0.1, 0.15) is 0 Å². The summed E-state index contributed by atoms with van der Waals surface area (Å²) in [7, 11) is -3.43. The maximum Gasteiger partial charge on any atom is 0.241 e. The molecule has 0 spiro atoms. The first-order chi connectivity index (χ1) is 7.97. The molecule has 3 N–H and O–H groups in total. The van der Waals surface area contributed by atoms with Crippen molar-refractivity contribution < 1.29 is 8.42 Å². The molecule has 1 aromatic carbocycles. The number of hydrogen-bond donors (Lipinski definition) is 2. The number of nitrogens with one attached hydrogen (secondary N) is 1. The summed E-state index contributed by atoms with van der Waals surface area (Å²) in [6.45, 7) is 2.91. The second-order valence-corrected chi connectivity index (χ2v) is 6.42. The smallest absolute Gasteiger partial charge is 0.241 e. The predicted molar refractivity (Wildman–Crippen MR) is 79.6 cm³/mol. The molecule has 1 rings (SSSR count). The molecule has 0 fully saturated rings. The molecule has 0 saturated heterocycles. The molecule has 0 unspecified atom stereocenters. The van der Waals surface area contributed by atoms with Crippen LogP contribution in [0.5, 0.6) is 0 Å². The van der Waals surface area contributed by atoms with E-state index in [1.807, 2.05) is 6.92 Å². The molecule has 0 aromatic heterocycles. The number of aryl methyl sites for hydroxylation is 1. The minimum atomic E-state index is -3.43. The number of hydrogen-bond acceptors (Lipinski definition) is 3. The molecule has 0 aliphatic rings. The zero-order valence-corrected chi connectivity index (χ0v) is 13.4. The van der Waals surface area contributed by atoms with E-state index in [1.165, 1.54) is 0 Å². The lowest BCUT2D eigenvalue weighted by molar-refractivity contribution is 0.576. The molecule has 18 heavy (non-hydrogen) atoms. The third-order valence-corrected chi connectivity index (χ3v) is 4.74. The van der Waals surface area contributed by atoms with Crippen molar-refractivity contribution in [2.24, 2.45) is 5.73 Å². The topological polar surface area (TPSA) is 72.2 Å². The van der Waals surface area contributed by atoms with Crippen molar-refractivity contribution in [1.82, 2.24) is 4.72 Å². The Bertz CT molecular complexity index is 480. The van der Waals surface area contributed by atoms with Gasteiger partial charge < -0.3 is 5.73 Å². The van der Waals surface area contributed by atoms with Gasteiger partial charge >= 0.3 is 0 Å². The molecule has 4 nitrogen and oxygen atoms in total. The first kappa shape index (κ1) is 17.9. The van der Waals surface area contributed by atoms with Gasteiger partial charge in [0.2, 0.25) is 10.0 Å². The van der Waals surface area contributed by atoms with E-state index in [9.17, 15) is 8.42 Å². The second-order valence-electron chi connectivity index (χ2n) is 3.83. The van der Waals surface area contributed by atoms with Crippen LogP contribution in [0.4, 0.5) is 0 Å². The quantitative estimate of drug-likeness (QED) is 0.767. The molecule has 7 heteroatoms. The minimum Gasteiger partial charge on any atom is -0.330 e. The molecular formula is C11H18BrClN2O2S. The average Bonchev–Trinajstić information content (AvgIpc) is 2.24. The summed E-state index contributed by atoms with van der Waals surface area (Å²) in [5, 5.41) is 0. The van der Waals surface area contributed by atoms with Crippen molar-refractivity contribution in [2.45, 2.75) is 24.7 Å². The van der Waals surface area contributed by atoms with Crippen LogP contribution >= 0.6 is 28.3 Å². The summed E-state index contributed by atoms with van der Waals surface area (Å²) in [5.41, 5.74) is 6.36. The fourth-order valence-corrected chi connectivity index (χ4v) is 3.64. The number of sulfonamides is 1. The van der Waals surface area contributed by atoms with E-state index in [2.05, 4.69) is 20.7 Å². The van der Waals surface area contributed by atoms with Crippen LogP contribution < -0.4 is 10.5 Å². The van der Waals surface area contributed by atoms with Gasteiger partial charge in [0.15, 0.2) is 0 Å². The number of unbranched alkanes of at least 4 members (excludes halogenated alkanes) is 1. The Morgan fingerprint density at radius 3 is 2.56 bits per heavy atom. The Morgan fingerprint density at radius 1 is 1.33 bits per heavy atom. The van der Waals surface area contributed by atoms with E-state index in [4.69, 9.17) is 5.73 Å². The molecule has 0 radical (unpaired) electrons. The predicted octanol–water partition coefficient (Wildman–Crippen LogP) is 2.20. The van der Waals surface area contributed by atoms with Crippen LogP contribution in [-0.2, 0) is 10.0 Å². The fraction of sp³-hybridized carbons (Fsp3) is 0.455. The SMILES string of the molecule is Cc1ccc(S(=O)(=O)NCCCCN)c(Br)c1.Cl. The van der Waals surface area contributed by atoms with Crippen molar-refractivity contribution in [3.05, 3.63) is 28.2 Å². The Kier molecular flexibility index (Phi) is 8.05. The van der Waals surface area contributed by atoms with Crippen LogP contribution in [0.2, 0.25) is 0 Å². The third kappa shape index (κ3) is 5.24. The average molecular weight is 358 g/mol.